The largest absolute Gasteiger partial charge is 0.368 e. The normalized spacial score (nSPS) is 15.4. The van der Waals surface area contributed by atoms with Crippen LogP contribution in [0, 0.1) is 6.92 Å². The van der Waals surface area contributed by atoms with Crippen LogP contribution < -0.4 is 15.5 Å². The molecule has 1 saturated heterocycles. The van der Waals surface area contributed by atoms with Gasteiger partial charge in [0.25, 0.3) is 0 Å². The first-order valence-electron chi connectivity index (χ1n) is 6.84. The van der Waals surface area contributed by atoms with Crippen molar-refractivity contribution >= 4 is 17.5 Å². The van der Waals surface area contributed by atoms with E-state index in [0.29, 0.717) is 0 Å². The summed E-state index contributed by atoms with van der Waals surface area (Å²) in [6.45, 7) is 5.69. The summed E-state index contributed by atoms with van der Waals surface area (Å²) in [4.78, 5) is 12.8. The lowest BCUT2D eigenvalue weighted by molar-refractivity contribution is 0.646. The van der Waals surface area contributed by atoms with Crippen molar-refractivity contribution in [3.8, 4) is 0 Å². The first kappa shape index (κ1) is 12.7. The number of aryl methyl sites for hydroxylation is 1. The fraction of sp³-hybridized carbons (Fsp3) is 0.333. The van der Waals surface area contributed by atoms with Crippen LogP contribution in [-0.2, 0) is 0 Å². The standard InChI is InChI=1S/C15H18N5/c1-12-11-14(18-15(16)17-12)20-9-7-19(8-10-20)13-5-3-2-4-6-13/h2-6,11,16H,7-10H2,1H3. The van der Waals surface area contributed by atoms with Crippen LogP contribution in [-0.4, -0.2) is 36.1 Å². The zero-order valence-electron chi connectivity index (χ0n) is 11.6. The molecule has 1 aliphatic rings. The molecule has 2 heterocycles. The molecule has 5 nitrogen and oxygen atoms in total. The highest BCUT2D eigenvalue weighted by molar-refractivity contribution is 5.50. The second-order valence-corrected chi connectivity index (χ2v) is 5.00. The number of nitrogens with one attached hydrogen (secondary N) is 1. The van der Waals surface area contributed by atoms with Gasteiger partial charge in [-0.3, -0.25) is 5.73 Å². The van der Waals surface area contributed by atoms with Crippen molar-refractivity contribution < 1.29 is 0 Å². The minimum absolute atomic E-state index is 0.102. The van der Waals surface area contributed by atoms with Crippen LogP contribution in [0.15, 0.2) is 36.4 Å². The van der Waals surface area contributed by atoms with Crippen molar-refractivity contribution in [1.82, 2.24) is 15.7 Å². The molecule has 0 spiro atoms. The molecule has 1 N–H and O–H groups in total. The van der Waals surface area contributed by atoms with E-state index in [9.17, 15) is 0 Å². The predicted molar refractivity (Wildman–Crippen MR) is 80.4 cm³/mol. The molecule has 0 bridgehead atoms. The number of rotatable bonds is 2. The van der Waals surface area contributed by atoms with Crippen LogP contribution in [0.1, 0.15) is 5.69 Å². The Hall–Kier alpha value is -2.30. The second-order valence-electron chi connectivity index (χ2n) is 5.00. The molecule has 5 heteroatoms. The summed E-state index contributed by atoms with van der Waals surface area (Å²) < 4.78 is 0. The predicted octanol–water partition coefficient (Wildman–Crippen LogP) is 2.03. The zero-order chi connectivity index (χ0) is 13.9. The van der Waals surface area contributed by atoms with Crippen molar-refractivity contribution in [2.75, 3.05) is 36.0 Å². The summed E-state index contributed by atoms with van der Waals surface area (Å²) in [5, 5.41) is 0. The van der Waals surface area contributed by atoms with Gasteiger partial charge >= 0.3 is 0 Å². The van der Waals surface area contributed by atoms with Gasteiger partial charge in [0, 0.05) is 43.6 Å². The van der Waals surface area contributed by atoms with Gasteiger partial charge in [0.2, 0.25) is 5.95 Å². The first-order valence-corrected chi connectivity index (χ1v) is 6.84. The number of anilines is 2. The fourth-order valence-corrected chi connectivity index (χ4v) is 2.55. The summed E-state index contributed by atoms with van der Waals surface area (Å²) >= 11 is 0. The molecule has 0 unspecified atom stereocenters. The maximum atomic E-state index is 7.61. The summed E-state index contributed by atoms with van der Waals surface area (Å²) in [6.07, 6.45) is 0. The molecule has 2 aromatic rings. The van der Waals surface area contributed by atoms with E-state index >= 15 is 0 Å². The van der Waals surface area contributed by atoms with E-state index in [2.05, 4.69) is 44.0 Å². The van der Waals surface area contributed by atoms with Gasteiger partial charge in [-0.1, -0.05) is 18.2 Å². The van der Waals surface area contributed by atoms with Crippen LogP contribution >= 0.6 is 0 Å². The van der Waals surface area contributed by atoms with E-state index in [1.807, 2.05) is 19.1 Å². The molecule has 1 aliphatic heterocycles. The number of hydrogen-bond donors (Lipinski definition) is 0. The number of benzene rings is 1. The minimum atomic E-state index is 0.102. The molecular formula is C15H18N5. The smallest absolute Gasteiger partial charge is 0.243 e. The highest BCUT2D eigenvalue weighted by Gasteiger charge is 2.18. The van der Waals surface area contributed by atoms with Gasteiger partial charge in [0.15, 0.2) is 0 Å². The lowest BCUT2D eigenvalue weighted by Crippen LogP contribution is -2.46. The Morgan fingerprint density at radius 2 is 1.60 bits per heavy atom. The van der Waals surface area contributed by atoms with E-state index in [1.165, 1.54) is 5.69 Å². The zero-order valence-corrected chi connectivity index (χ0v) is 11.6. The van der Waals surface area contributed by atoms with Gasteiger partial charge in [-0.25, -0.2) is 4.98 Å². The number of hydrogen-bond acceptors (Lipinski definition) is 4. The van der Waals surface area contributed by atoms with Gasteiger partial charge in [-0.15, -0.1) is 0 Å². The quantitative estimate of drug-likeness (QED) is 0.836. The van der Waals surface area contributed by atoms with Crippen molar-refractivity contribution in [1.29, 1.82) is 0 Å². The molecule has 1 radical (unpaired) electrons. The molecule has 0 saturated carbocycles. The number of piperazine rings is 1. The second kappa shape index (κ2) is 5.36. The summed E-state index contributed by atoms with van der Waals surface area (Å²) in [7, 11) is 0. The Labute approximate surface area is 119 Å². The molecule has 0 amide bonds. The first-order chi connectivity index (χ1) is 9.72. The molecule has 103 valence electrons. The monoisotopic (exact) mass is 268 g/mol. The molecular weight excluding hydrogens is 250 g/mol. The Bertz CT molecular complexity index is 556. The third kappa shape index (κ3) is 2.66. The van der Waals surface area contributed by atoms with Gasteiger partial charge < -0.3 is 9.80 Å². The van der Waals surface area contributed by atoms with Crippen LogP contribution in [0.3, 0.4) is 0 Å². The molecule has 1 fully saturated rings. The Balaban J connectivity index is 1.69. The van der Waals surface area contributed by atoms with Gasteiger partial charge in [-0.05, 0) is 19.1 Å². The highest BCUT2D eigenvalue weighted by atomic mass is 15.3. The van der Waals surface area contributed by atoms with E-state index in [4.69, 9.17) is 5.73 Å². The fourth-order valence-electron chi connectivity index (χ4n) is 2.55. The Kier molecular flexibility index (Phi) is 3.41. The van der Waals surface area contributed by atoms with Gasteiger partial charge in [0.05, 0.1) is 0 Å². The van der Waals surface area contributed by atoms with E-state index in [1.54, 1.807) is 0 Å². The van der Waals surface area contributed by atoms with Crippen LogP contribution in [0.4, 0.5) is 17.5 Å². The van der Waals surface area contributed by atoms with Crippen LogP contribution in [0.25, 0.3) is 0 Å². The lowest BCUT2D eigenvalue weighted by Gasteiger charge is -2.36. The number of aromatic nitrogens is 2. The summed E-state index contributed by atoms with van der Waals surface area (Å²) in [5.41, 5.74) is 9.73. The maximum absolute atomic E-state index is 7.61. The Morgan fingerprint density at radius 3 is 2.25 bits per heavy atom. The molecule has 0 atom stereocenters. The van der Waals surface area contributed by atoms with Crippen LogP contribution in [0.2, 0.25) is 0 Å². The molecule has 20 heavy (non-hydrogen) atoms. The SMILES string of the molecule is Cc1cc(N2CCN(c3ccccc3)CC2)nc([NH])n1. The highest BCUT2D eigenvalue weighted by Crippen LogP contribution is 2.19. The summed E-state index contributed by atoms with van der Waals surface area (Å²) in [5.74, 6) is 0.973. The molecule has 1 aromatic heterocycles. The van der Waals surface area contributed by atoms with E-state index in [-0.39, 0.29) is 5.95 Å². The van der Waals surface area contributed by atoms with E-state index < -0.39 is 0 Å². The van der Waals surface area contributed by atoms with E-state index in [0.717, 1.165) is 37.7 Å². The van der Waals surface area contributed by atoms with Crippen molar-refractivity contribution in [2.45, 2.75) is 6.92 Å². The lowest BCUT2D eigenvalue weighted by atomic mass is 10.2. The van der Waals surface area contributed by atoms with Gasteiger partial charge in [-0.2, -0.15) is 4.98 Å². The third-order valence-electron chi connectivity index (χ3n) is 3.57. The maximum Gasteiger partial charge on any atom is 0.243 e. The third-order valence-corrected chi connectivity index (χ3v) is 3.57. The summed E-state index contributed by atoms with van der Waals surface area (Å²) in [6, 6.07) is 12.4. The Morgan fingerprint density at radius 1 is 0.950 bits per heavy atom. The molecule has 3 rings (SSSR count). The van der Waals surface area contributed by atoms with Crippen molar-refractivity contribution in [3.63, 3.8) is 0 Å². The molecule has 1 aromatic carbocycles. The number of para-hydroxylation sites is 1. The average molecular weight is 268 g/mol. The topological polar surface area (TPSA) is 56.1 Å². The van der Waals surface area contributed by atoms with Crippen molar-refractivity contribution in [3.05, 3.63) is 42.1 Å². The number of nitrogens with zero attached hydrogens (tertiary/aromatic N) is 4. The minimum Gasteiger partial charge on any atom is -0.368 e. The average Bonchev–Trinajstić information content (AvgIpc) is 2.47. The molecule has 0 aliphatic carbocycles. The van der Waals surface area contributed by atoms with Crippen LogP contribution in [0.5, 0.6) is 0 Å². The van der Waals surface area contributed by atoms with Gasteiger partial charge in [0.1, 0.15) is 5.82 Å². The van der Waals surface area contributed by atoms with Crippen molar-refractivity contribution in [2.24, 2.45) is 0 Å².